The van der Waals surface area contributed by atoms with Gasteiger partial charge in [-0.25, -0.2) is 0 Å². The molecular formula is C16H23N3O2S. The smallest absolute Gasteiger partial charge is 0.261 e. The van der Waals surface area contributed by atoms with E-state index in [9.17, 15) is 9.59 Å². The molecule has 0 radical (unpaired) electrons. The highest BCUT2D eigenvalue weighted by Gasteiger charge is 2.28. The Hall–Kier alpha value is -1.40. The summed E-state index contributed by atoms with van der Waals surface area (Å²) in [6.07, 6.45) is 6.88. The number of nitrogens with two attached hydrogens (primary N) is 1. The molecule has 0 aromatic carbocycles. The maximum absolute atomic E-state index is 12.1. The molecule has 0 bridgehead atoms. The highest BCUT2D eigenvalue weighted by Crippen LogP contribution is 2.31. The van der Waals surface area contributed by atoms with E-state index < -0.39 is 0 Å². The quantitative estimate of drug-likeness (QED) is 0.736. The molecule has 0 saturated heterocycles. The molecule has 1 aromatic rings. The average molecular weight is 321 g/mol. The number of aryl methyl sites for hydroxylation is 2. The van der Waals surface area contributed by atoms with Crippen LogP contribution in [-0.2, 0) is 17.6 Å². The Morgan fingerprint density at radius 2 is 2.05 bits per heavy atom. The Bertz CT molecular complexity index is 542. The summed E-state index contributed by atoms with van der Waals surface area (Å²) < 4.78 is 0. The Kier molecular flexibility index (Phi) is 4.78. The highest BCUT2D eigenvalue weighted by atomic mass is 32.1. The van der Waals surface area contributed by atoms with E-state index in [1.54, 1.807) is 11.3 Å². The maximum atomic E-state index is 12.1. The Morgan fingerprint density at radius 1 is 1.27 bits per heavy atom. The summed E-state index contributed by atoms with van der Waals surface area (Å²) in [5.41, 5.74) is 7.24. The maximum Gasteiger partial charge on any atom is 0.261 e. The lowest BCUT2D eigenvalue weighted by atomic mass is 9.99. The van der Waals surface area contributed by atoms with Crippen molar-refractivity contribution in [2.75, 3.05) is 13.1 Å². The van der Waals surface area contributed by atoms with Gasteiger partial charge in [-0.15, -0.1) is 11.3 Å². The number of hydrogen-bond donors (Lipinski definition) is 3. The Labute approximate surface area is 134 Å². The van der Waals surface area contributed by atoms with E-state index >= 15 is 0 Å². The molecule has 2 aliphatic rings. The third kappa shape index (κ3) is 3.87. The molecule has 1 saturated carbocycles. The van der Waals surface area contributed by atoms with E-state index in [4.69, 9.17) is 5.73 Å². The van der Waals surface area contributed by atoms with E-state index in [2.05, 4.69) is 10.6 Å². The van der Waals surface area contributed by atoms with Crippen LogP contribution in [0.2, 0.25) is 0 Å². The minimum absolute atomic E-state index is 0.0127. The minimum atomic E-state index is -0.175. The molecule has 6 heteroatoms. The van der Waals surface area contributed by atoms with E-state index in [0.29, 0.717) is 12.5 Å². The van der Waals surface area contributed by atoms with Crippen molar-refractivity contribution in [3.05, 3.63) is 21.4 Å². The molecular weight excluding hydrogens is 298 g/mol. The van der Waals surface area contributed by atoms with Gasteiger partial charge in [0.05, 0.1) is 11.4 Å². The molecule has 4 N–H and O–H groups in total. The lowest BCUT2D eigenvalue weighted by molar-refractivity contribution is -0.120. The number of nitrogens with one attached hydrogen (secondary N) is 2. The van der Waals surface area contributed by atoms with Crippen molar-refractivity contribution in [3.8, 4) is 0 Å². The van der Waals surface area contributed by atoms with Crippen molar-refractivity contribution in [3.63, 3.8) is 0 Å². The van der Waals surface area contributed by atoms with Crippen LogP contribution >= 0.6 is 11.3 Å². The Morgan fingerprint density at radius 3 is 2.77 bits per heavy atom. The molecule has 1 heterocycles. The van der Waals surface area contributed by atoms with Crippen LogP contribution < -0.4 is 16.4 Å². The van der Waals surface area contributed by atoms with Gasteiger partial charge < -0.3 is 16.4 Å². The van der Waals surface area contributed by atoms with Gasteiger partial charge in [0.15, 0.2) is 0 Å². The lowest BCUT2D eigenvalue weighted by Gasteiger charge is -2.11. The molecule has 1 fully saturated rings. The molecule has 0 spiro atoms. The van der Waals surface area contributed by atoms with Gasteiger partial charge in [0.1, 0.15) is 0 Å². The van der Waals surface area contributed by atoms with Gasteiger partial charge >= 0.3 is 0 Å². The van der Waals surface area contributed by atoms with E-state index in [1.807, 2.05) is 6.07 Å². The van der Waals surface area contributed by atoms with Crippen LogP contribution in [-0.4, -0.2) is 30.9 Å². The highest BCUT2D eigenvalue weighted by molar-refractivity contribution is 7.14. The van der Waals surface area contributed by atoms with Gasteiger partial charge in [0.25, 0.3) is 5.91 Å². The molecule has 2 amide bonds. The summed E-state index contributed by atoms with van der Waals surface area (Å²) in [6, 6.07) is 2.03. The fraction of sp³-hybridized carbons (Fsp3) is 0.625. The zero-order valence-electron chi connectivity index (χ0n) is 12.7. The Balaban J connectivity index is 1.43. The van der Waals surface area contributed by atoms with Crippen molar-refractivity contribution in [1.82, 2.24) is 10.6 Å². The van der Waals surface area contributed by atoms with E-state index in [1.165, 1.54) is 23.3 Å². The first-order valence-electron chi connectivity index (χ1n) is 8.05. The third-order valence-electron chi connectivity index (χ3n) is 4.39. The fourth-order valence-corrected chi connectivity index (χ4v) is 4.01. The van der Waals surface area contributed by atoms with Crippen LogP contribution in [0.3, 0.4) is 0 Å². The van der Waals surface area contributed by atoms with Crippen molar-refractivity contribution < 1.29 is 9.59 Å². The number of amides is 2. The van der Waals surface area contributed by atoms with Gasteiger partial charge in [-0.1, -0.05) is 0 Å². The second kappa shape index (κ2) is 6.79. The topological polar surface area (TPSA) is 84.2 Å². The molecule has 5 nitrogen and oxygen atoms in total. The monoisotopic (exact) mass is 321 g/mol. The van der Waals surface area contributed by atoms with E-state index in [-0.39, 0.29) is 24.4 Å². The van der Waals surface area contributed by atoms with Crippen LogP contribution in [0.1, 0.15) is 45.8 Å². The van der Waals surface area contributed by atoms with Gasteiger partial charge in [0.2, 0.25) is 5.91 Å². The largest absolute Gasteiger partial charge is 0.353 e. The van der Waals surface area contributed by atoms with Crippen LogP contribution in [0.5, 0.6) is 0 Å². The van der Waals surface area contributed by atoms with Crippen molar-refractivity contribution >= 4 is 23.2 Å². The van der Waals surface area contributed by atoms with Crippen LogP contribution in [0.25, 0.3) is 0 Å². The molecule has 1 aromatic heterocycles. The molecule has 3 rings (SSSR count). The first-order chi connectivity index (χ1) is 10.6. The van der Waals surface area contributed by atoms with Crippen LogP contribution in [0.4, 0.5) is 0 Å². The SMILES string of the molecule is NC(CNC(=O)CNC(=O)c1cc2c(s1)CCCC2)C1CC1. The fourth-order valence-electron chi connectivity index (χ4n) is 2.84. The van der Waals surface area contributed by atoms with Gasteiger partial charge in [-0.05, 0) is 56.1 Å². The lowest BCUT2D eigenvalue weighted by Crippen LogP contribution is -2.43. The molecule has 2 aliphatic carbocycles. The summed E-state index contributed by atoms with van der Waals surface area (Å²) in [6.45, 7) is 0.505. The van der Waals surface area contributed by atoms with Crippen molar-refractivity contribution in [2.24, 2.45) is 11.7 Å². The zero-order chi connectivity index (χ0) is 15.5. The number of fused-ring (bicyclic) bond motifs is 1. The first kappa shape index (κ1) is 15.5. The zero-order valence-corrected chi connectivity index (χ0v) is 13.5. The van der Waals surface area contributed by atoms with Crippen molar-refractivity contribution in [1.29, 1.82) is 0 Å². The summed E-state index contributed by atoms with van der Waals surface area (Å²) in [7, 11) is 0. The number of carbonyl (C=O) groups excluding carboxylic acids is 2. The first-order valence-corrected chi connectivity index (χ1v) is 8.87. The molecule has 1 atom stereocenters. The third-order valence-corrected chi connectivity index (χ3v) is 5.63. The van der Waals surface area contributed by atoms with Gasteiger partial charge in [-0.2, -0.15) is 0 Å². The van der Waals surface area contributed by atoms with Crippen molar-refractivity contribution in [2.45, 2.75) is 44.6 Å². The summed E-state index contributed by atoms with van der Waals surface area (Å²) in [5, 5.41) is 5.48. The predicted octanol–water partition coefficient (Wildman–Crippen LogP) is 1.21. The number of rotatable bonds is 6. The second-order valence-electron chi connectivity index (χ2n) is 6.25. The van der Waals surface area contributed by atoms with Crippen LogP contribution in [0, 0.1) is 5.92 Å². The molecule has 1 unspecified atom stereocenters. The molecule has 120 valence electrons. The number of hydrogen-bond acceptors (Lipinski definition) is 4. The number of thiophene rings is 1. The van der Waals surface area contributed by atoms with E-state index in [0.717, 1.165) is 30.6 Å². The standard InChI is InChI=1S/C16H23N3O2S/c17-12(10-5-6-10)8-18-15(20)9-19-16(21)14-7-11-3-1-2-4-13(11)22-14/h7,10,12H,1-6,8-9,17H2,(H,18,20)(H,19,21). The van der Waals surface area contributed by atoms with Gasteiger partial charge in [0, 0.05) is 17.5 Å². The normalized spacial score (nSPS) is 18.4. The number of carbonyl (C=O) groups is 2. The molecule has 0 aliphatic heterocycles. The molecule has 22 heavy (non-hydrogen) atoms. The minimum Gasteiger partial charge on any atom is -0.353 e. The van der Waals surface area contributed by atoms with Crippen LogP contribution in [0.15, 0.2) is 6.07 Å². The summed E-state index contributed by atoms with van der Waals surface area (Å²) in [5.74, 6) is 0.235. The predicted molar refractivity (Wildman–Crippen MR) is 87.0 cm³/mol. The second-order valence-corrected chi connectivity index (χ2v) is 7.39. The average Bonchev–Trinajstić information content (AvgIpc) is 3.28. The summed E-state index contributed by atoms with van der Waals surface area (Å²) >= 11 is 1.56. The van der Waals surface area contributed by atoms with Gasteiger partial charge in [-0.3, -0.25) is 9.59 Å². The summed E-state index contributed by atoms with van der Waals surface area (Å²) in [4.78, 5) is 25.9.